The summed E-state index contributed by atoms with van der Waals surface area (Å²) in [5.41, 5.74) is 1.18. The van der Waals surface area contributed by atoms with Crippen molar-refractivity contribution in [3.05, 3.63) is 12.4 Å². The van der Waals surface area contributed by atoms with E-state index in [4.69, 9.17) is 0 Å². The summed E-state index contributed by atoms with van der Waals surface area (Å²) >= 11 is 0. The maximum absolute atomic E-state index is 4.36. The molecule has 1 N–H and O–H groups in total. The molecule has 0 saturated heterocycles. The number of anilines is 1. The van der Waals surface area contributed by atoms with E-state index in [2.05, 4.69) is 37.4 Å². The molecule has 1 heterocycles. The van der Waals surface area contributed by atoms with Gasteiger partial charge in [0.2, 0.25) is 0 Å². The van der Waals surface area contributed by atoms with E-state index in [-0.39, 0.29) is 0 Å². The molecule has 1 saturated carbocycles. The average Bonchev–Trinajstić information content (AvgIpc) is 2.87. The Labute approximate surface area is 98.2 Å². The van der Waals surface area contributed by atoms with Crippen LogP contribution >= 0.6 is 0 Å². The average molecular weight is 221 g/mol. The first-order chi connectivity index (χ1) is 7.70. The minimum Gasteiger partial charge on any atom is -0.379 e. The smallest absolute Gasteiger partial charge is 0.0728 e. The molecule has 3 nitrogen and oxygen atoms in total. The molecule has 0 aliphatic heterocycles. The second-order valence-corrected chi connectivity index (χ2v) is 5.15. The first-order valence-electron chi connectivity index (χ1n) is 6.51. The van der Waals surface area contributed by atoms with Crippen LogP contribution in [0.25, 0.3) is 0 Å². The van der Waals surface area contributed by atoms with Gasteiger partial charge in [0.05, 0.1) is 11.9 Å². The lowest BCUT2D eigenvalue weighted by molar-refractivity contribution is 0.489. The van der Waals surface area contributed by atoms with Crippen molar-refractivity contribution in [3.8, 4) is 0 Å². The number of nitrogens with one attached hydrogen (secondary N) is 1. The van der Waals surface area contributed by atoms with Crippen LogP contribution in [-0.2, 0) is 0 Å². The van der Waals surface area contributed by atoms with Gasteiger partial charge in [-0.15, -0.1) is 0 Å². The van der Waals surface area contributed by atoms with Gasteiger partial charge in [0.1, 0.15) is 0 Å². The standard InChI is InChI=1S/C13H23N3/c1-4-11-6-5-7-13(11)15-12-8-14-16(9-12)10(2)3/h8-11,13,15H,4-7H2,1-3H3. The molecule has 0 spiro atoms. The van der Waals surface area contributed by atoms with E-state index in [0.717, 1.165) is 5.92 Å². The highest BCUT2D eigenvalue weighted by atomic mass is 15.3. The summed E-state index contributed by atoms with van der Waals surface area (Å²) in [6, 6.07) is 1.11. The van der Waals surface area contributed by atoms with Crippen LogP contribution in [0.5, 0.6) is 0 Å². The molecular formula is C13H23N3. The molecule has 1 fully saturated rings. The lowest BCUT2D eigenvalue weighted by atomic mass is 10.0. The normalized spacial score (nSPS) is 25.2. The molecule has 0 bridgehead atoms. The fourth-order valence-corrected chi connectivity index (χ4v) is 2.62. The molecule has 2 atom stereocenters. The van der Waals surface area contributed by atoms with Gasteiger partial charge in [-0.05, 0) is 32.6 Å². The third kappa shape index (κ3) is 2.39. The Morgan fingerprint density at radius 1 is 1.50 bits per heavy atom. The quantitative estimate of drug-likeness (QED) is 0.844. The van der Waals surface area contributed by atoms with Crippen LogP contribution in [0, 0.1) is 5.92 Å². The Hall–Kier alpha value is -0.990. The van der Waals surface area contributed by atoms with Crippen LogP contribution in [0.15, 0.2) is 12.4 Å². The van der Waals surface area contributed by atoms with Gasteiger partial charge in [0.15, 0.2) is 0 Å². The molecule has 0 aromatic carbocycles. The highest BCUT2D eigenvalue weighted by Gasteiger charge is 2.25. The first-order valence-corrected chi connectivity index (χ1v) is 6.51. The molecule has 16 heavy (non-hydrogen) atoms. The van der Waals surface area contributed by atoms with E-state index < -0.39 is 0 Å². The van der Waals surface area contributed by atoms with E-state index in [1.807, 2.05) is 10.9 Å². The maximum atomic E-state index is 4.36. The Balaban J connectivity index is 1.97. The van der Waals surface area contributed by atoms with Crippen molar-refractivity contribution in [2.45, 2.75) is 58.5 Å². The van der Waals surface area contributed by atoms with Crippen LogP contribution in [0.3, 0.4) is 0 Å². The Morgan fingerprint density at radius 3 is 2.94 bits per heavy atom. The van der Waals surface area contributed by atoms with E-state index in [1.165, 1.54) is 31.4 Å². The van der Waals surface area contributed by atoms with Crippen molar-refractivity contribution in [2.24, 2.45) is 5.92 Å². The van der Waals surface area contributed by atoms with Gasteiger partial charge in [-0.3, -0.25) is 4.68 Å². The number of nitrogens with zero attached hydrogens (tertiary/aromatic N) is 2. The second kappa shape index (κ2) is 4.89. The third-order valence-electron chi connectivity index (χ3n) is 3.67. The van der Waals surface area contributed by atoms with Gasteiger partial charge in [0, 0.05) is 18.3 Å². The maximum Gasteiger partial charge on any atom is 0.0728 e. The van der Waals surface area contributed by atoms with Gasteiger partial charge in [0.25, 0.3) is 0 Å². The van der Waals surface area contributed by atoms with E-state index >= 15 is 0 Å². The zero-order valence-corrected chi connectivity index (χ0v) is 10.6. The SMILES string of the molecule is CCC1CCCC1Nc1cnn(C(C)C)c1. The first kappa shape index (κ1) is 11.5. The Kier molecular flexibility index (Phi) is 3.52. The number of aromatic nitrogens is 2. The second-order valence-electron chi connectivity index (χ2n) is 5.15. The topological polar surface area (TPSA) is 29.9 Å². The fraction of sp³-hybridized carbons (Fsp3) is 0.769. The minimum absolute atomic E-state index is 0.445. The highest BCUT2D eigenvalue weighted by molar-refractivity contribution is 5.39. The zero-order chi connectivity index (χ0) is 11.5. The van der Waals surface area contributed by atoms with E-state index in [9.17, 15) is 0 Å². The number of hydrogen-bond donors (Lipinski definition) is 1. The molecular weight excluding hydrogens is 198 g/mol. The lowest BCUT2D eigenvalue weighted by Crippen LogP contribution is -2.23. The monoisotopic (exact) mass is 221 g/mol. The minimum atomic E-state index is 0.445. The molecule has 1 aromatic heterocycles. The van der Waals surface area contributed by atoms with Crippen molar-refractivity contribution in [1.82, 2.24) is 9.78 Å². The predicted octanol–water partition coefficient (Wildman–Crippen LogP) is 3.45. The number of hydrogen-bond acceptors (Lipinski definition) is 2. The number of rotatable bonds is 4. The molecule has 1 aliphatic rings. The van der Waals surface area contributed by atoms with Crippen LogP contribution < -0.4 is 5.32 Å². The Bertz CT molecular complexity index is 330. The molecule has 0 radical (unpaired) electrons. The van der Waals surface area contributed by atoms with Crippen LogP contribution in [0.4, 0.5) is 5.69 Å². The van der Waals surface area contributed by atoms with E-state index in [1.54, 1.807) is 0 Å². The summed E-state index contributed by atoms with van der Waals surface area (Å²) < 4.78 is 2.01. The zero-order valence-electron chi connectivity index (χ0n) is 10.6. The highest BCUT2D eigenvalue weighted by Crippen LogP contribution is 2.30. The van der Waals surface area contributed by atoms with E-state index in [0.29, 0.717) is 12.1 Å². The largest absolute Gasteiger partial charge is 0.379 e. The summed E-state index contributed by atoms with van der Waals surface area (Å²) in [6.45, 7) is 6.60. The van der Waals surface area contributed by atoms with Gasteiger partial charge < -0.3 is 5.32 Å². The van der Waals surface area contributed by atoms with Gasteiger partial charge in [-0.25, -0.2) is 0 Å². The molecule has 90 valence electrons. The molecule has 3 heteroatoms. The van der Waals surface area contributed by atoms with Crippen molar-refractivity contribution in [3.63, 3.8) is 0 Å². The third-order valence-corrected chi connectivity index (χ3v) is 3.67. The summed E-state index contributed by atoms with van der Waals surface area (Å²) in [5.74, 6) is 0.849. The van der Waals surface area contributed by atoms with Crippen molar-refractivity contribution in [1.29, 1.82) is 0 Å². The molecule has 1 aromatic rings. The molecule has 0 amide bonds. The molecule has 2 rings (SSSR count). The summed E-state index contributed by atoms with van der Waals surface area (Å²) in [4.78, 5) is 0. The van der Waals surface area contributed by atoms with Crippen molar-refractivity contribution < 1.29 is 0 Å². The lowest BCUT2D eigenvalue weighted by Gasteiger charge is -2.19. The predicted molar refractivity (Wildman–Crippen MR) is 67.7 cm³/mol. The summed E-state index contributed by atoms with van der Waals surface area (Å²) in [7, 11) is 0. The molecule has 1 aliphatic carbocycles. The van der Waals surface area contributed by atoms with Crippen LogP contribution in [0.2, 0.25) is 0 Å². The van der Waals surface area contributed by atoms with Gasteiger partial charge >= 0.3 is 0 Å². The van der Waals surface area contributed by atoms with Crippen molar-refractivity contribution in [2.75, 3.05) is 5.32 Å². The van der Waals surface area contributed by atoms with Gasteiger partial charge in [-0.2, -0.15) is 5.10 Å². The van der Waals surface area contributed by atoms with Crippen LogP contribution in [0.1, 0.15) is 52.5 Å². The summed E-state index contributed by atoms with van der Waals surface area (Å²) in [5, 5.41) is 8.00. The van der Waals surface area contributed by atoms with Crippen LogP contribution in [-0.4, -0.2) is 15.8 Å². The summed E-state index contributed by atoms with van der Waals surface area (Å²) in [6.07, 6.45) is 9.42. The van der Waals surface area contributed by atoms with Crippen molar-refractivity contribution >= 4 is 5.69 Å². The van der Waals surface area contributed by atoms with Gasteiger partial charge in [-0.1, -0.05) is 19.8 Å². The fourth-order valence-electron chi connectivity index (χ4n) is 2.62. The Morgan fingerprint density at radius 2 is 2.31 bits per heavy atom. The molecule has 2 unspecified atom stereocenters.